The van der Waals surface area contributed by atoms with E-state index in [9.17, 15) is 17.6 Å². The summed E-state index contributed by atoms with van der Waals surface area (Å²) in [5.74, 6) is -5.49. The van der Waals surface area contributed by atoms with Crippen LogP contribution in [0.25, 0.3) is 0 Å². The molecule has 0 radical (unpaired) electrons. The molecule has 1 aliphatic heterocycles. The van der Waals surface area contributed by atoms with Crippen molar-refractivity contribution in [2.45, 2.75) is 96.0 Å². The lowest BCUT2D eigenvalue weighted by Crippen LogP contribution is -2.35. The fraction of sp³-hybridized carbons (Fsp3) is 0.750. The Labute approximate surface area is 172 Å². The average molecular weight is 415 g/mol. The van der Waals surface area contributed by atoms with Gasteiger partial charge in [-0.25, -0.2) is 17.6 Å². The quantitative estimate of drug-likeness (QED) is 0.411. The summed E-state index contributed by atoms with van der Waals surface area (Å²) >= 11 is 0. The number of ether oxygens (including phenoxy) is 1. The van der Waals surface area contributed by atoms with Crippen molar-refractivity contribution in [1.29, 1.82) is 0 Å². The molecule has 1 saturated carbocycles. The van der Waals surface area contributed by atoms with Gasteiger partial charge in [-0.05, 0) is 55.9 Å². The summed E-state index contributed by atoms with van der Waals surface area (Å²) in [6.45, 7) is 4.62. The average Bonchev–Trinajstić information content (AvgIpc) is 2.70. The monoisotopic (exact) mass is 414 g/mol. The molecular formula is C24H34F4O. The number of unbranched alkanes of at least 4 members (excludes halogenated alkanes) is 1. The maximum Gasteiger partial charge on any atom is 0.251 e. The first-order chi connectivity index (χ1) is 13.9. The highest BCUT2D eigenvalue weighted by Crippen LogP contribution is 2.48. The van der Waals surface area contributed by atoms with Crippen molar-refractivity contribution in [3.8, 4) is 0 Å². The van der Waals surface area contributed by atoms with Crippen LogP contribution in [-0.2, 0) is 4.74 Å². The SMILES string of the molecule is CCCCC1CCC(c2ccc(C3CCC(CCC)C(F)(F)C3)c(F)c2F)OC1. The van der Waals surface area contributed by atoms with Gasteiger partial charge in [-0.15, -0.1) is 0 Å². The third kappa shape index (κ3) is 5.15. The van der Waals surface area contributed by atoms with Crippen LogP contribution in [-0.4, -0.2) is 12.5 Å². The van der Waals surface area contributed by atoms with Gasteiger partial charge in [0.05, 0.1) is 12.7 Å². The molecule has 0 bridgehead atoms. The molecule has 1 nitrogen and oxygen atoms in total. The molecule has 0 spiro atoms. The highest BCUT2D eigenvalue weighted by Gasteiger charge is 2.45. The number of hydrogen-bond donors (Lipinski definition) is 0. The Morgan fingerprint density at radius 1 is 0.931 bits per heavy atom. The van der Waals surface area contributed by atoms with Crippen molar-refractivity contribution in [1.82, 2.24) is 0 Å². The Morgan fingerprint density at radius 3 is 2.28 bits per heavy atom. The first-order valence-electron chi connectivity index (χ1n) is 11.3. The van der Waals surface area contributed by atoms with E-state index in [0.717, 1.165) is 25.7 Å². The number of benzene rings is 1. The van der Waals surface area contributed by atoms with Crippen molar-refractivity contribution >= 4 is 0 Å². The molecule has 0 aromatic heterocycles. The molecule has 1 aliphatic carbocycles. The third-order valence-electron chi connectivity index (χ3n) is 6.88. The van der Waals surface area contributed by atoms with E-state index < -0.39 is 41.9 Å². The molecular weight excluding hydrogens is 380 g/mol. The molecule has 2 fully saturated rings. The maximum atomic E-state index is 14.9. The van der Waals surface area contributed by atoms with Gasteiger partial charge >= 0.3 is 0 Å². The van der Waals surface area contributed by atoms with E-state index >= 15 is 0 Å². The molecule has 1 aromatic carbocycles. The van der Waals surface area contributed by atoms with Crippen LogP contribution < -0.4 is 0 Å². The Morgan fingerprint density at radius 2 is 1.66 bits per heavy atom. The Hall–Kier alpha value is -1.10. The van der Waals surface area contributed by atoms with E-state index in [1.807, 2.05) is 6.92 Å². The van der Waals surface area contributed by atoms with Crippen molar-refractivity contribution in [2.75, 3.05) is 6.61 Å². The first kappa shape index (κ1) is 22.6. The summed E-state index contributed by atoms with van der Waals surface area (Å²) in [6, 6.07) is 3.07. The second-order valence-electron chi connectivity index (χ2n) is 9.00. The first-order valence-corrected chi connectivity index (χ1v) is 11.3. The zero-order valence-corrected chi connectivity index (χ0v) is 17.7. The normalized spacial score (nSPS) is 29.7. The summed E-state index contributed by atoms with van der Waals surface area (Å²) in [5.41, 5.74) is 0.323. The molecule has 0 amide bonds. The molecule has 164 valence electrons. The van der Waals surface area contributed by atoms with Crippen LogP contribution in [0.5, 0.6) is 0 Å². The fourth-order valence-electron chi connectivity index (χ4n) is 5.10. The van der Waals surface area contributed by atoms with E-state index in [4.69, 9.17) is 4.74 Å². The fourth-order valence-corrected chi connectivity index (χ4v) is 5.10. The highest BCUT2D eigenvalue weighted by atomic mass is 19.3. The van der Waals surface area contributed by atoms with Gasteiger partial charge in [-0.2, -0.15) is 0 Å². The van der Waals surface area contributed by atoms with E-state index in [2.05, 4.69) is 6.92 Å². The predicted molar refractivity (Wildman–Crippen MR) is 107 cm³/mol. The van der Waals surface area contributed by atoms with E-state index in [-0.39, 0.29) is 11.1 Å². The van der Waals surface area contributed by atoms with Gasteiger partial charge in [0.15, 0.2) is 11.6 Å². The summed E-state index contributed by atoms with van der Waals surface area (Å²) in [7, 11) is 0. The molecule has 1 aromatic rings. The topological polar surface area (TPSA) is 9.23 Å². The molecule has 1 heterocycles. The minimum absolute atomic E-state index is 0.0949. The maximum absolute atomic E-state index is 14.9. The minimum atomic E-state index is -2.82. The Bertz CT molecular complexity index is 667. The molecule has 4 unspecified atom stereocenters. The van der Waals surface area contributed by atoms with Crippen molar-refractivity contribution in [3.63, 3.8) is 0 Å². The van der Waals surface area contributed by atoms with Gasteiger partial charge < -0.3 is 4.74 Å². The second-order valence-corrected chi connectivity index (χ2v) is 9.00. The van der Waals surface area contributed by atoms with Gasteiger partial charge in [-0.3, -0.25) is 0 Å². The molecule has 1 saturated heterocycles. The van der Waals surface area contributed by atoms with Crippen LogP contribution in [0.15, 0.2) is 12.1 Å². The molecule has 3 rings (SSSR count). The van der Waals surface area contributed by atoms with Gasteiger partial charge in [0.25, 0.3) is 5.92 Å². The minimum Gasteiger partial charge on any atom is -0.373 e. The smallest absolute Gasteiger partial charge is 0.251 e. The van der Waals surface area contributed by atoms with Crippen LogP contribution in [0, 0.1) is 23.5 Å². The standard InChI is InChI=1S/C24H34F4O/c1-3-5-7-16-8-13-21(29-15-16)20-12-11-19(22(25)23(20)26)17-9-10-18(6-4-2)24(27,28)14-17/h11-12,16-18,21H,3-10,13-15H2,1-2H3. The number of rotatable bonds is 7. The lowest BCUT2D eigenvalue weighted by Gasteiger charge is -2.36. The van der Waals surface area contributed by atoms with E-state index in [0.29, 0.717) is 44.6 Å². The van der Waals surface area contributed by atoms with Crippen molar-refractivity contribution in [2.24, 2.45) is 11.8 Å². The third-order valence-corrected chi connectivity index (χ3v) is 6.88. The number of hydrogen-bond acceptors (Lipinski definition) is 1. The number of alkyl halides is 2. The summed E-state index contributed by atoms with van der Waals surface area (Å²) in [6.07, 6.45) is 6.21. The molecule has 4 atom stereocenters. The highest BCUT2D eigenvalue weighted by molar-refractivity contribution is 5.31. The van der Waals surface area contributed by atoms with Gasteiger partial charge in [0.2, 0.25) is 0 Å². The lowest BCUT2D eigenvalue weighted by atomic mass is 9.74. The lowest BCUT2D eigenvalue weighted by molar-refractivity contribution is -0.0948. The van der Waals surface area contributed by atoms with Crippen molar-refractivity contribution < 1.29 is 22.3 Å². The Balaban J connectivity index is 1.69. The van der Waals surface area contributed by atoms with Crippen LogP contribution in [0.3, 0.4) is 0 Å². The molecule has 0 N–H and O–H groups in total. The summed E-state index contributed by atoms with van der Waals surface area (Å²) in [5, 5.41) is 0. The second kappa shape index (κ2) is 9.80. The van der Waals surface area contributed by atoms with Crippen LogP contribution in [0.1, 0.15) is 101 Å². The zero-order valence-electron chi connectivity index (χ0n) is 17.7. The van der Waals surface area contributed by atoms with E-state index in [1.165, 1.54) is 6.07 Å². The van der Waals surface area contributed by atoms with Crippen LogP contribution in [0.4, 0.5) is 17.6 Å². The van der Waals surface area contributed by atoms with Gasteiger partial charge in [0, 0.05) is 17.9 Å². The van der Waals surface area contributed by atoms with Gasteiger partial charge in [-0.1, -0.05) is 45.2 Å². The largest absolute Gasteiger partial charge is 0.373 e. The molecule has 5 heteroatoms. The van der Waals surface area contributed by atoms with Crippen LogP contribution >= 0.6 is 0 Å². The van der Waals surface area contributed by atoms with Crippen LogP contribution in [0.2, 0.25) is 0 Å². The van der Waals surface area contributed by atoms with Gasteiger partial charge in [0.1, 0.15) is 0 Å². The van der Waals surface area contributed by atoms with Crippen molar-refractivity contribution in [3.05, 3.63) is 34.9 Å². The predicted octanol–water partition coefficient (Wildman–Crippen LogP) is 7.94. The summed E-state index contributed by atoms with van der Waals surface area (Å²) in [4.78, 5) is 0. The molecule has 29 heavy (non-hydrogen) atoms. The Kier molecular flexibility index (Phi) is 7.63. The van der Waals surface area contributed by atoms with E-state index in [1.54, 1.807) is 6.07 Å². The molecule has 2 aliphatic rings. The number of halogens is 4. The zero-order chi connectivity index (χ0) is 21.0. The summed E-state index contributed by atoms with van der Waals surface area (Å²) < 4.78 is 64.5.